The lowest BCUT2D eigenvalue weighted by molar-refractivity contribution is -0.139. The first-order valence-corrected chi connectivity index (χ1v) is 6.62. The molecular formula is C14H28O. The van der Waals surface area contributed by atoms with Crippen LogP contribution in [0.25, 0.3) is 0 Å². The number of rotatable bonds is 3. The van der Waals surface area contributed by atoms with Crippen LogP contribution in [-0.2, 0) is 4.74 Å². The van der Waals surface area contributed by atoms with Gasteiger partial charge in [0.1, 0.15) is 0 Å². The maximum absolute atomic E-state index is 6.24. The topological polar surface area (TPSA) is 9.23 Å². The summed E-state index contributed by atoms with van der Waals surface area (Å²) < 4.78 is 6.24. The van der Waals surface area contributed by atoms with Crippen LogP contribution >= 0.6 is 0 Å². The minimum atomic E-state index is 0.486. The SMILES string of the molecule is CCC1OC(CC(C)C)C(C)C(C)C1C. The van der Waals surface area contributed by atoms with Crippen molar-refractivity contribution in [2.45, 2.75) is 66.6 Å². The Bertz CT molecular complexity index is 186. The van der Waals surface area contributed by atoms with Crippen LogP contribution in [0.5, 0.6) is 0 Å². The molecule has 1 aliphatic rings. The lowest BCUT2D eigenvalue weighted by Gasteiger charge is -2.44. The molecule has 0 aromatic heterocycles. The molecule has 0 amide bonds. The van der Waals surface area contributed by atoms with Crippen LogP contribution < -0.4 is 0 Å². The average Bonchev–Trinajstić information content (AvgIpc) is 2.18. The van der Waals surface area contributed by atoms with E-state index in [1.807, 2.05) is 0 Å². The maximum atomic E-state index is 6.24. The van der Waals surface area contributed by atoms with Gasteiger partial charge in [-0.15, -0.1) is 0 Å². The molecule has 0 aromatic carbocycles. The largest absolute Gasteiger partial charge is 0.374 e. The van der Waals surface area contributed by atoms with Gasteiger partial charge in [-0.1, -0.05) is 41.5 Å². The fraction of sp³-hybridized carbons (Fsp3) is 1.00. The van der Waals surface area contributed by atoms with Crippen molar-refractivity contribution in [2.75, 3.05) is 0 Å². The van der Waals surface area contributed by atoms with Crippen molar-refractivity contribution in [3.63, 3.8) is 0 Å². The van der Waals surface area contributed by atoms with Crippen LogP contribution in [0.3, 0.4) is 0 Å². The molecule has 1 nitrogen and oxygen atoms in total. The van der Waals surface area contributed by atoms with E-state index in [0.29, 0.717) is 24.0 Å². The Kier molecular flexibility index (Phi) is 4.64. The molecule has 0 aromatic rings. The Morgan fingerprint density at radius 2 is 1.47 bits per heavy atom. The molecule has 1 rings (SSSR count). The molecule has 0 bridgehead atoms. The van der Waals surface area contributed by atoms with Gasteiger partial charge in [0, 0.05) is 0 Å². The van der Waals surface area contributed by atoms with Crippen molar-refractivity contribution in [3.05, 3.63) is 0 Å². The summed E-state index contributed by atoms with van der Waals surface area (Å²) in [5, 5.41) is 0. The average molecular weight is 212 g/mol. The van der Waals surface area contributed by atoms with E-state index in [-0.39, 0.29) is 0 Å². The maximum Gasteiger partial charge on any atom is 0.0609 e. The van der Waals surface area contributed by atoms with Crippen LogP contribution in [0.4, 0.5) is 0 Å². The van der Waals surface area contributed by atoms with Gasteiger partial charge in [0.25, 0.3) is 0 Å². The Morgan fingerprint density at radius 3 is 1.93 bits per heavy atom. The van der Waals surface area contributed by atoms with E-state index in [2.05, 4.69) is 41.5 Å². The van der Waals surface area contributed by atoms with Gasteiger partial charge < -0.3 is 4.74 Å². The molecule has 1 fully saturated rings. The van der Waals surface area contributed by atoms with Crippen LogP contribution in [0.15, 0.2) is 0 Å². The predicted octanol–water partition coefficient (Wildman–Crippen LogP) is 4.12. The van der Waals surface area contributed by atoms with Crippen LogP contribution in [0, 0.1) is 23.7 Å². The van der Waals surface area contributed by atoms with E-state index in [1.54, 1.807) is 0 Å². The third-order valence-electron chi connectivity index (χ3n) is 4.29. The monoisotopic (exact) mass is 212 g/mol. The van der Waals surface area contributed by atoms with Crippen molar-refractivity contribution in [2.24, 2.45) is 23.7 Å². The Morgan fingerprint density at radius 1 is 0.933 bits per heavy atom. The van der Waals surface area contributed by atoms with Crippen molar-refractivity contribution in [3.8, 4) is 0 Å². The Labute approximate surface area is 95.6 Å². The zero-order valence-corrected chi connectivity index (χ0v) is 11.3. The molecule has 90 valence electrons. The quantitative estimate of drug-likeness (QED) is 0.684. The summed E-state index contributed by atoms with van der Waals surface area (Å²) in [6.07, 6.45) is 3.35. The van der Waals surface area contributed by atoms with Gasteiger partial charge in [-0.05, 0) is 36.5 Å². The molecule has 0 aliphatic carbocycles. The smallest absolute Gasteiger partial charge is 0.0609 e. The van der Waals surface area contributed by atoms with Gasteiger partial charge in [-0.2, -0.15) is 0 Å². The summed E-state index contributed by atoms with van der Waals surface area (Å²) in [5.41, 5.74) is 0. The Balaban J connectivity index is 2.65. The number of hydrogen-bond acceptors (Lipinski definition) is 1. The highest BCUT2D eigenvalue weighted by Gasteiger charge is 2.37. The molecule has 5 atom stereocenters. The second-order valence-corrected chi connectivity index (χ2v) is 5.83. The lowest BCUT2D eigenvalue weighted by atomic mass is 9.74. The first-order chi connectivity index (χ1) is 6.97. The molecule has 0 N–H and O–H groups in total. The molecule has 1 saturated heterocycles. The van der Waals surface area contributed by atoms with Crippen molar-refractivity contribution < 1.29 is 4.74 Å². The van der Waals surface area contributed by atoms with Gasteiger partial charge in [0.05, 0.1) is 12.2 Å². The number of hydrogen-bond donors (Lipinski definition) is 0. The second-order valence-electron chi connectivity index (χ2n) is 5.83. The molecule has 15 heavy (non-hydrogen) atoms. The summed E-state index contributed by atoms with van der Waals surface area (Å²) in [7, 11) is 0. The molecule has 1 heteroatoms. The van der Waals surface area contributed by atoms with E-state index in [9.17, 15) is 0 Å². The van der Waals surface area contributed by atoms with E-state index >= 15 is 0 Å². The third kappa shape index (κ3) is 2.96. The normalized spacial score (nSPS) is 42.2. The number of ether oxygens (including phenoxy) is 1. The lowest BCUT2D eigenvalue weighted by Crippen LogP contribution is -2.44. The van der Waals surface area contributed by atoms with Crippen molar-refractivity contribution in [1.29, 1.82) is 0 Å². The van der Waals surface area contributed by atoms with E-state index in [0.717, 1.165) is 18.3 Å². The van der Waals surface area contributed by atoms with E-state index in [1.165, 1.54) is 6.42 Å². The summed E-state index contributed by atoms with van der Waals surface area (Å²) in [4.78, 5) is 0. The van der Waals surface area contributed by atoms with Gasteiger partial charge in [0.2, 0.25) is 0 Å². The standard InChI is InChI=1S/C14H28O/c1-7-13-11(5)10(4)12(6)14(15-13)8-9(2)3/h9-14H,7-8H2,1-6H3. The summed E-state index contributed by atoms with van der Waals surface area (Å²) in [6.45, 7) is 13.9. The van der Waals surface area contributed by atoms with E-state index < -0.39 is 0 Å². The van der Waals surface area contributed by atoms with Gasteiger partial charge >= 0.3 is 0 Å². The molecule has 1 aliphatic heterocycles. The molecule has 1 heterocycles. The fourth-order valence-corrected chi connectivity index (χ4v) is 2.83. The third-order valence-corrected chi connectivity index (χ3v) is 4.29. The van der Waals surface area contributed by atoms with Crippen molar-refractivity contribution in [1.82, 2.24) is 0 Å². The van der Waals surface area contributed by atoms with Crippen molar-refractivity contribution >= 4 is 0 Å². The first-order valence-electron chi connectivity index (χ1n) is 6.62. The molecule has 5 unspecified atom stereocenters. The molecule has 0 saturated carbocycles. The minimum absolute atomic E-state index is 0.486. The molecule has 0 spiro atoms. The molecule has 0 radical (unpaired) electrons. The van der Waals surface area contributed by atoms with Gasteiger partial charge in [-0.25, -0.2) is 0 Å². The summed E-state index contributed by atoms with van der Waals surface area (Å²) in [6, 6.07) is 0. The fourth-order valence-electron chi connectivity index (χ4n) is 2.83. The highest BCUT2D eigenvalue weighted by Crippen LogP contribution is 2.38. The summed E-state index contributed by atoms with van der Waals surface area (Å²) >= 11 is 0. The van der Waals surface area contributed by atoms with Crippen LogP contribution in [0.1, 0.15) is 54.4 Å². The summed E-state index contributed by atoms with van der Waals surface area (Å²) in [5.74, 6) is 2.97. The van der Waals surface area contributed by atoms with Crippen LogP contribution in [-0.4, -0.2) is 12.2 Å². The zero-order valence-electron chi connectivity index (χ0n) is 11.3. The predicted molar refractivity (Wildman–Crippen MR) is 65.9 cm³/mol. The highest BCUT2D eigenvalue weighted by molar-refractivity contribution is 4.85. The molecular weight excluding hydrogens is 184 g/mol. The van der Waals surface area contributed by atoms with Crippen LogP contribution in [0.2, 0.25) is 0 Å². The minimum Gasteiger partial charge on any atom is -0.374 e. The van der Waals surface area contributed by atoms with Gasteiger partial charge in [0.15, 0.2) is 0 Å². The Hall–Kier alpha value is -0.0400. The zero-order chi connectivity index (χ0) is 11.6. The van der Waals surface area contributed by atoms with E-state index in [4.69, 9.17) is 4.74 Å². The second kappa shape index (κ2) is 5.34. The van der Waals surface area contributed by atoms with Gasteiger partial charge in [-0.3, -0.25) is 0 Å². The first kappa shape index (κ1) is 13.0. The highest BCUT2D eigenvalue weighted by atomic mass is 16.5.